The first-order valence-electron chi connectivity index (χ1n) is 11.2. The Morgan fingerprint density at radius 3 is 2.38 bits per heavy atom. The number of benzene rings is 3. The van der Waals surface area contributed by atoms with Gasteiger partial charge in [-0.05, 0) is 52.9 Å². The highest BCUT2D eigenvalue weighted by molar-refractivity contribution is 6.07. The summed E-state index contributed by atoms with van der Waals surface area (Å²) in [6.07, 6.45) is 0. The Morgan fingerprint density at radius 2 is 1.65 bits per heavy atom. The van der Waals surface area contributed by atoms with Crippen LogP contribution in [-0.4, -0.2) is 17.3 Å². The molecule has 5 rings (SSSR count). The summed E-state index contributed by atoms with van der Waals surface area (Å²) in [6, 6.07) is 20.3. The zero-order valence-electron chi connectivity index (χ0n) is 19.6. The second kappa shape index (κ2) is 8.06. The van der Waals surface area contributed by atoms with Crippen LogP contribution in [0.4, 0.5) is 5.82 Å². The summed E-state index contributed by atoms with van der Waals surface area (Å²) in [5.41, 5.74) is 3.27. The molecule has 1 aliphatic heterocycles. The van der Waals surface area contributed by atoms with Crippen LogP contribution >= 0.6 is 0 Å². The van der Waals surface area contributed by atoms with E-state index in [9.17, 15) is 9.59 Å². The summed E-state index contributed by atoms with van der Waals surface area (Å²) in [5.74, 6) is 1.34. The van der Waals surface area contributed by atoms with Gasteiger partial charge in [-0.3, -0.25) is 9.59 Å². The van der Waals surface area contributed by atoms with Crippen LogP contribution in [0.25, 0.3) is 22.0 Å². The number of para-hydroxylation sites is 1. The Morgan fingerprint density at radius 1 is 0.941 bits per heavy atom. The highest BCUT2D eigenvalue weighted by Gasteiger charge is 2.22. The third-order valence-electron chi connectivity index (χ3n) is 6.22. The molecule has 34 heavy (non-hydrogen) atoms. The molecule has 0 bridgehead atoms. The fraction of sp³-hybridized carbons (Fsp3) is 0.214. The van der Waals surface area contributed by atoms with E-state index in [4.69, 9.17) is 9.47 Å². The van der Waals surface area contributed by atoms with Crippen molar-refractivity contribution >= 4 is 22.6 Å². The number of carbonyl (C=O) groups excluding carboxylic acids is 1. The summed E-state index contributed by atoms with van der Waals surface area (Å²) >= 11 is 0. The Hall–Kier alpha value is -4.06. The number of aromatic nitrogens is 1. The van der Waals surface area contributed by atoms with E-state index in [1.807, 2.05) is 60.1 Å². The van der Waals surface area contributed by atoms with Crippen molar-refractivity contribution in [1.29, 1.82) is 0 Å². The van der Waals surface area contributed by atoms with Gasteiger partial charge in [0.2, 0.25) is 6.79 Å². The van der Waals surface area contributed by atoms with Gasteiger partial charge in [-0.25, -0.2) is 0 Å². The summed E-state index contributed by atoms with van der Waals surface area (Å²) in [5, 5.41) is 3.58. The predicted molar refractivity (Wildman–Crippen MR) is 134 cm³/mol. The van der Waals surface area contributed by atoms with Gasteiger partial charge in [0.15, 0.2) is 16.9 Å². The number of fused-ring (bicyclic) bond motifs is 2. The van der Waals surface area contributed by atoms with E-state index in [0.29, 0.717) is 39.4 Å². The van der Waals surface area contributed by atoms with Crippen molar-refractivity contribution in [1.82, 2.24) is 4.57 Å². The SMILES string of the molecule is Cn1c(NC(=O)c2ccc(C(C)(C)C)cc2)c(-c2ccc3c(c2)OCO3)c(=O)c2ccccc21. The molecule has 0 saturated heterocycles. The number of pyridine rings is 1. The fourth-order valence-electron chi connectivity index (χ4n) is 4.26. The van der Waals surface area contributed by atoms with Gasteiger partial charge < -0.3 is 19.4 Å². The minimum atomic E-state index is -0.285. The smallest absolute Gasteiger partial charge is 0.256 e. The van der Waals surface area contributed by atoms with Crippen LogP contribution in [0.15, 0.2) is 71.5 Å². The van der Waals surface area contributed by atoms with Crippen LogP contribution in [0.1, 0.15) is 36.7 Å². The zero-order valence-corrected chi connectivity index (χ0v) is 19.6. The maximum atomic E-state index is 13.6. The molecule has 0 unspecified atom stereocenters. The van der Waals surface area contributed by atoms with Gasteiger partial charge in [-0.1, -0.05) is 51.1 Å². The fourth-order valence-corrected chi connectivity index (χ4v) is 4.26. The molecule has 6 heteroatoms. The number of hydrogen-bond donors (Lipinski definition) is 1. The van der Waals surface area contributed by atoms with E-state index in [1.54, 1.807) is 18.2 Å². The van der Waals surface area contributed by atoms with Crippen molar-refractivity contribution < 1.29 is 14.3 Å². The van der Waals surface area contributed by atoms with Gasteiger partial charge >= 0.3 is 0 Å². The summed E-state index contributed by atoms with van der Waals surface area (Å²) in [6.45, 7) is 6.53. The van der Waals surface area contributed by atoms with E-state index in [-0.39, 0.29) is 23.5 Å². The molecule has 2 heterocycles. The van der Waals surface area contributed by atoms with Crippen LogP contribution < -0.4 is 20.2 Å². The molecule has 0 radical (unpaired) electrons. The third-order valence-corrected chi connectivity index (χ3v) is 6.22. The average molecular weight is 455 g/mol. The Bertz CT molecular complexity index is 1480. The number of carbonyl (C=O) groups is 1. The van der Waals surface area contributed by atoms with E-state index in [0.717, 1.165) is 11.1 Å². The van der Waals surface area contributed by atoms with Crippen LogP contribution in [0.2, 0.25) is 0 Å². The largest absolute Gasteiger partial charge is 0.454 e. The number of amides is 1. The van der Waals surface area contributed by atoms with Crippen LogP contribution in [0.3, 0.4) is 0 Å². The first-order chi connectivity index (χ1) is 16.2. The molecule has 4 aromatic rings. The van der Waals surface area contributed by atoms with Crippen LogP contribution in [-0.2, 0) is 12.5 Å². The monoisotopic (exact) mass is 454 g/mol. The highest BCUT2D eigenvalue weighted by atomic mass is 16.7. The molecule has 1 aromatic heterocycles. The summed E-state index contributed by atoms with van der Waals surface area (Å²) in [7, 11) is 1.84. The third kappa shape index (κ3) is 3.71. The van der Waals surface area contributed by atoms with Crippen LogP contribution in [0.5, 0.6) is 11.5 Å². The lowest BCUT2D eigenvalue weighted by molar-refractivity contribution is 0.102. The van der Waals surface area contributed by atoms with Gasteiger partial charge in [0.25, 0.3) is 5.91 Å². The topological polar surface area (TPSA) is 69.6 Å². The minimum Gasteiger partial charge on any atom is -0.454 e. The molecule has 1 N–H and O–H groups in total. The lowest BCUT2D eigenvalue weighted by atomic mass is 9.87. The normalized spacial score (nSPS) is 12.7. The number of ether oxygens (including phenoxy) is 2. The lowest BCUT2D eigenvalue weighted by Crippen LogP contribution is -2.21. The first kappa shape index (κ1) is 21.8. The van der Waals surface area contributed by atoms with Gasteiger partial charge in [-0.15, -0.1) is 0 Å². The number of anilines is 1. The second-order valence-corrected chi connectivity index (χ2v) is 9.48. The van der Waals surface area contributed by atoms with E-state index in [2.05, 4.69) is 26.1 Å². The van der Waals surface area contributed by atoms with Crippen molar-refractivity contribution in [2.45, 2.75) is 26.2 Å². The second-order valence-electron chi connectivity index (χ2n) is 9.48. The van der Waals surface area contributed by atoms with Gasteiger partial charge in [-0.2, -0.15) is 0 Å². The van der Waals surface area contributed by atoms with Gasteiger partial charge in [0, 0.05) is 18.0 Å². The molecular weight excluding hydrogens is 428 g/mol. The Balaban J connectivity index is 1.64. The maximum absolute atomic E-state index is 13.6. The standard InChI is InChI=1S/C28H26N2O4/c1-28(2,3)19-12-9-17(10-13-19)27(32)29-26-24(18-11-14-22-23(15-18)34-16-33-22)25(31)20-7-5-6-8-21(20)30(26)4/h5-15H,16H2,1-4H3,(H,29,32). The van der Waals surface area contributed by atoms with E-state index in [1.165, 1.54) is 0 Å². The molecule has 1 aliphatic rings. The molecule has 0 aliphatic carbocycles. The van der Waals surface area contributed by atoms with E-state index >= 15 is 0 Å². The maximum Gasteiger partial charge on any atom is 0.256 e. The molecule has 0 saturated carbocycles. The number of rotatable bonds is 3. The Kier molecular flexibility index (Phi) is 5.16. The lowest BCUT2D eigenvalue weighted by Gasteiger charge is -2.20. The molecule has 0 fully saturated rings. The molecule has 3 aromatic carbocycles. The number of nitrogens with one attached hydrogen (secondary N) is 1. The van der Waals surface area contributed by atoms with Crippen molar-refractivity contribution in [2.24, 2.45) is 7.05 Å². The molecule has 0 spiro atoms. The summed E-state index contributed by atoms with van der Waals surface area (Å²) in [4.78, 5) is 26.9. The number of nitrogens with zero attached hydrogens (tertiary/aromatic N) is 1. The quantitative estimate of drug-likeness (QED) is 0.445. The molecule has 6 nitrogen and oxygen atoms in total. The predicted octanol–water partition coefficient (Wildman–Crippen LogP) is 5.48. The van der Waals surface area contributed by atoms with Crippen molar-refractivity contribution in [3.8, 4) is 22.6 Å². The first-order valence-corrected chi connectivity index (χ1v) is 11.2. The van der Waals surface area contributed by atoms with Crippen molar-refractivity contribution in [3.05, 3.63) is 88.1 Å². The highest BCUT2D eigenvalue weighted by Crippen LogP contribution is 2.37. The average Bonchev–Trinajstić information content (AvgIpc) is 3.30. The summed E-state index contributed by atoms with van der Waals surface area (Å²) < 4.78 is 12.8. The minimum absolute atomic E-state index is 0.0101. The number of hydrogen-bond acceptors (Lipinski definition) is 4. The van der Waals surface area contributed by atoms with Crippen molar-refractivity contribution in [3.63, 3.8) is 0 Å². The molecule has 1 amide bonds. The van der Waals surface area contributed by atoms with Gasteiger partial charge in [0.05, 0.1) is 11.1 Å². The number of aryl methyl sites for hydroxylation is 1. The zero-order chi connectivity index (χ0) is 24.0. The van der Waals surface area contributed by atoms with Crippen molar-refractivity contribution in [2.75, 3.05) is 12.1 Å². The van der Waals surface area contributed by atoms with Gasteiger partial charge in [0.1, 0.15) is 5.82 Å². The van der Waals surface area contributed by atoms with E-state index < -0.39 is 0 Å². The Labute approximate surface area is 197 Å². The molecular formula is C28H26N2O4. The van der Waals surface area contributed by atoms with Crippen LogP contribution in [0, 0.1) is 0 Å². The molecule has 172 valence electrons. The molecule has 0 atom stereocenters.